The number of para-hydroxylation sites is 3. The van der Waals surface area contributed by atoms with E-state index < -0.39 is 0 Å². The maximum absolute atomic E-state index is 5.89. The molecule has 4 rings (SSSR count). The fourth-order valence-electron chi connectivity index (χ4n) is 3.23. The maximum Gasteiger partial charge on any atom is 0.124 e. The molecule has 0 aliphatic carbocycles. The van der Waals surface area contributed by atoms with Crippen LogP contribution >= 0.6 is 0 Å². The molecule has 2 heterocycles. The van der Waals surface area contributed by atoms with Crippen molar-refractivity contribution in [3.8, 4) is 5.75 Å². The quantitative estimate of drug-likeness (QED) is 0.693. The lowest BCUT2D eigenvalue weighted by Gasteiger charge is -2.26. The average molecular weight is 337 g/mol. The Kier molecular flexibility index (Phi) is 4.95. The van der Waals surface area contributed by atoms with Crippen molar-refractivity contribution in [2.45, 2.75) is 13.1 Å². The predicted octanol–water partition coefficient (Wildman–Crippen LogP) is 2.95. The molecule has 1 saturated heterocycles. The Morgan fingerprint density at radius 2 is 1.72 bits per heavy atom. The van der Waals surface area contributed by atoms with Gasteiger partial charge in [-0.15, -0.1) is 0 Å². The van der Waals surface area contributed by atoms with Gasteiger partial charge in [0.25, 0.3) is 0 Å². The summed E-state index contributed by atoms with van der Waals surface area (Å²) in [4.78, 5) is 7.26. The van der Waals surface area contributed by atoms with Crippen molar-refractivity contribution >= 4 is 11.0 Å². The lowest BCUT2D eigenvalue weighted by molar-refractivity contribution is 0.0326. The van der Waals surface area contributed by atoms with Gasteiger partial charge in [0, 0.05) is 13.1 Å². The normalized spacial score (nSPS) is 15.5. The molecule has 1 aliphatic rings. The van der Waals surface area contributed by atoms with E-state index in [0.717, 1.165) is 56.5 Å². The highest BCUT2D eigenvalue weighted by Crippen LogP contribution is 2.18. The van der Waals surface area contributed by atoms with E-state index in [1.54, 1.807) is 0 Å². The largest absolute Gasteiger partial charge is 0.492 e. The molecule has 25 heavy (non-hydrogen) atoms. The highest BCUT2D eigenvalue weighted by Gasteiger charge is 2.16. The van der Waals surface area contributed by atoms with Crippen molar-refractivity contribution in [3.05, 3.63) is 60.4 Å². The minimum Gasteiger partial charge on any atom is -0.492 e. The van der Waals surface area contributed by atoms with Gasteiger partial charge in [0.05, 0.1) is 37.3 Å². The first-order valence-corrected chi connectivity index (χ1v) is 8.82. The van der Waals surface area contributed by atoms with Crippen molar-refractivity contribution in [2.75, 3.05) is 32.9 Å². The van der Waals surface area contributed by atoms with Crippen LogP contribution < -0.4 is 4.74 Å². The van der Waals surface area contributed by atoms with E-state index in [1.807, 2.05) is 36.4 Å². The summed E-state index contributed by atoms with van der Waals surface area (Å²) in [6.07, 6.45) is 0. The van der Waals surface area contributed by atoms with E-state index in [1.165, 1.54) is 5.52 Å². The van der Waals surface area contributed by atoms with Gasteiger partial charge in [-0.05, 0) is 24.3 Å². The third kappa shape index (κ3) is 3.83. The van der Waals surface area contributed by atoms with Gasteiger partial charge in [0.15, 0.2) is 0 Å². The molecule has 3 aromatic rings. The van der Waals surface area contributed by atoms with Crippen LogP contribution in [0.25, 0.3) is 11.0 Å². The summed E-state index contributed by atoms with van der Waals surface area (Å²) in [7, 11) is 0. The first-order chi connectivity index (χ1) is 12.4. The van der Waals surface area contributed by atoms with E-state index in [2.05, 4.69) is 27.7 Å². The van der Waals surface area contributed by atoms with Crippen LogP contribution in [0, 0.1) is 0 Å². The number of aromatic nitrogens is 2. The van der Waals surface area contributed by atoms with E-state index in [0.29, 0.717) is 6.61 Å². The number of rotatable bonds is 6. The molecule has 0 N–H and O–H groups in total. The predicted molar refractivity (Wildman–Crippen MR) is 97.8 cm³/mol. The highest BCUT2D eigenvalue weighted by atomic mass is 16.5. The zero-order valence-corrected chi connectivity index (χ0v) is 14.3. The lowest BCUT2D eigenvalue weighted by Crippen LogP contribution is -2.36. The molecule has 1 aliphatic heterocycles. The zero-order valence-electron chi connectivity index (χ0n) is 14.3. The molecule has 0 unspecified atom stereocenters. The molecule has 1 aromatic heterocycles. The van der Waals surface area contributed by atoms with Crippen molar-refractivity contribution in [2.24, 2.45) is 0 Å². The Bertz CT molecular complexity index is 810. The molecule has 0 bridgehead atoms. The van der Waals surface area contributed by atoms with E-state index in [-0.39, 0.29) is 0 Å². The summed E-state index contributed by atoms with van der Waals surface area (Å²) < 4.78 is 13.6. The van der Waals surface area contributed by atoms with Crippen LogP contribution in [0.5, 0.6) is 5.75 Å². The topological polar surface area (TPSA) is 39.5 Å². The van der Waals surface area contributed by atoms with E-state index in [9.17, 15) is 0 Å². The molecule has 130 valence electrons. The summed E-state index contributed by atoms with van der Waals surface area (Å²) in [5, 5.41) is 0. The van der Waals surface area contributed by atoms with Gasteiger partial charge in [-0.3, -0.25) is 4.90 Å². The second-order valence-electron chi connectivity index (χ2n) is 6.22. The van der Waals surface area contributed by atoms with Crippen LogP contribution in [0.2, 0.25) is 0 Å². The van der Waals surface area contributed by atoms with Crippen LogP contribution in [0.4, 0.5) is 0 Å². The standard InChI is InChI=1S/C20H23N3O2/c1-2-6-17(7-3-1)25-15-12-23-19-9-5-4-8-18(19)21-20(23)16-22-10-13-24-14-11-22/h1-9H,10-16H2. The number of benzene rings is 2. The third-order valence-corrected chi connectivity index (χ3v) is 4.53. The van der Waals surface area contributed by atoms with Crippen molar-refractivity contribution in [3.63, 3.8) is 0 Å². The molecule has 5 nitrogen and oxygen atoms in total. The smallest absolute Gasteiger partial charge is 0.124 e. The summed E-state index contributed by atoms with van der Waals surface area (Å²) in [6, 6.07) is 18.3. The monoisotopic (exact) mass is 337 g/mol. The van der Waals surface area contributed by atoms with Crippen molar-refractivity contribution in [1.82, 2.24) is 14.5 Å². The third-order valence-electron chi connectivity index (χ3n) is 4.53. The van der Waals surface area contributed by atoms with Gasteiger partial charge in [-0.1, -0.05) is 30.3 Å². The number of morpholine rings is 1. The second kappa shape index (κ2) is 7.68. The summed E-state index contributed by atoms with van der Waals surface area (Å²) >= 11 is 0. The van der Waals surface area contributed by atoms with Crippen LogP contribution in [0.1, 0.15) is 5.82 Å². The molecule has 0 radical (unpaired) electrons. The number of hydrogen-bond acceptors (Lipinski definition) is 4. The zero-order chi connectivity index (χ0) is 16.9. The fraction of sp³-hybridized carbons (Fsp3) is 0.350. The summed E-state index contributed by atoms with van der Waals surface area (Å²) in [5.41, 5.74) is 2.22. The van der Waals surface area contributed by atoms with Crippen LogP contribution in [0.15, 0.2) is 54.6 Å². The number of hydrogen-bond donors (Lipinski definition) is 0. The average Bonchev–Trinajstić information content (AvgIpc) is 3.01. The number of ether oxygens (including phenoxy) is 2. The fourth-order valence-corrected chi connectivity index (χ4v) is 3.23. The molecular formula is C20H23N3O2. The number of fused-ring (bicyclic) bond motifs is 1. The van der Waals surface area contributed by atoms with Gasteiger partial charge in [-0.25, -0.2) is 4.98 Å². The van der Waals surface area contributed by atoms with Crippen LogP contribution in [-0.4, -0.2) is 47.4 Å². The molecule has 0 amide bonds. The Balaban J connectivity index is 1.51. The van der Waals surface area contributed by atoms with Crippen LogP contribution in [0.3, 0.4) is 0 Å². The summed E-state index contributed by atoms with van der Waals surface area (Å²) in [5.74, 6) is 2.00. The minimum atomic E-state index is 0.625. The molecule has 0 atom stereocenters. The van der Waals surface area contributed by atoms with Gasteiger partial charge < -0.3 is 14.0 Å². The molecule has 0 saturated carbocycles. The maximum atomic E-state index is 5.89. The molecule has 1 fully saturated rings. The Morgan fingerprint density at radius 1 is 0.960 bits per heavy atom. The Hall–Kier alpha value is -2.37. The molecular weight excluding hydrogens is 314 g/mol. The van der Waals surface area contributed by atoms with Crippen LogP contribution in [-0.2, 0) is 17.8 Å². The van der Waals surface area contributed by atoms with Gasteiger partial charge in [0.2, 0.25) is 0 Å². The summed E-state index contributed by atoms with van der Waals surface area (Å²) in [6.45, 7) is 5.79. The van der Waals surface area contributed by atoms with Gasteiger partial charge in [0.1, 0.15) is 18.2 Å². The van der Waals surface area contributed by atoms with E-state index >= 15 is 0 Å². The van der Waals surface area contributed by atoms with Gasteiger partial charge in [-0.2, -0.15) is 0 Å². The van der Waals surface area contributed by atoms with Crippen molar-refractivity contribution < 1.29 is 9.47 Å². The van der Waals surface area contributed by atoms with Gasteiger partial charge >= 0.3 is 0 Å². The second-order valence-corrected chi connectivity index (χ2v) is 6.22. The number of nitrogens with zero attached hydrogens (tertiary/aromatic N) is 3. The molecule has 0 spiro atoms. The molecule has 5 heteroatoms. The SMILES string of the molecule is c1ccc(OCCn2c(CN3CCOCC3)nc3ccccc32)cc1. The molecule has 2 aromatic carbocycles. The lowest BCUT2D eigenvalue weighted by atomic mass is 10.3. The van der Waals surface area contributed by atoms with E-state index in [4.69, 9.17) is 14.5 Å². The Labute approximate surface area is 147 Å². The van der Waals surface area contributed by atoms with Crippen molar-refractivity contribution in [1.29, 1.82) is 0 Å². The number of imidazole rings is 1. The minimum absolute atomic E-state index is 0.625. The first kappa shape index (κ1) is 16.1. The first-order valence-electron chi connectivity index (χ1n) is 8.82. The Morgan fingerprint density at radius 3 is 2.56 bits per heavy atom. The highest BCUT2D eigenvalue weighted by molar-refractivity contribution is 5.75.